The Kier molecular flexibility index (Phi) is 22.6. The molecule has 4 aromatic rings. The van der Waals surface area contributed by atoms with Crippen molar-refractivity contribution >= 4 is 52.8 Å². The third-order valence-electron chi connectivity index (χ3n) is 12.0. The van der Waals surface area contributed by atoms with Crippen molar-refractivity contribution in [1.29, 1.82) is 0 Å². The number of fused-ring (bicyclic) bond motifs is 5. The van der Waals surface area contributed by atoms with Crippen LogP contribution in [0.1, 0.15) is 118 Å². The van der Waals surface area contributed by atoms with Crippen molar-refractivity contribution in [2.45, 2.75) is 128 Å². The zero-order valence-corrected chi connectivity index (χ0v) is 41.8. The van der Waals surface area contributed by atoms with E-state index in [0.29, 0.717) is 30.0 Å². The number of likely N-dealkylation sites (N-methyl/N-ethyl adjacent to an activating group) is 1. The number of quaternary nitrogens is 1. The van der Waals surface area contributed by atoms with Gasteiger partial charge in [-0.3, -0.25) is 24.0 Å². The van der Waals surface area contributed by atoms with Crippen LogP contribution >= 0.6 is 11.3 Å². The van der Waals surface area contributed by atoms with E-state index in [0.717, 1.165) is 23.3 Å². The molecule has 1 aromatic heterocycles. The first kappa shape index (κ1) is 58.5. The fourth-order valence-corrected chi connectivity index (χ4v) is 8.73. The molecule has 396 valence electrons. The molecule has 3 aromatic carbocycles. The molecule has 0 unspecified atom stereocenters. The van der Waals surface area contributed by atoms with Crippen molar-refractivity contribution in [3.05, 3.63) is 88.4 Å². The standard InChI is InChI=1S/C49H63N7O9S.C2HF3O2/c1-4-5-6-7-8-9-10-13-31-15-18-33(19-16-31)47-55-39(29-66-47)45(61)51-25-23-42(59)53-37(14-11-12-24-50)48(63)56(3)43-34-20-22-41(58)36(28-34)35-26-32(17-21-40(35)57)27-38(49(64)65)54-44(60)30(2)52-46(43)62;3-2(4,5)1(6)7/h15-22,26,28-30,37-38,43,57-58H,4-14,23-25,27,50H2,1-3H3,(H,51,61)(H,52,62)(H,53,59)(H,54,60)(H,64,65);(H,6,7)/t30-,37-,38-,43-;/m0./s1. The maximum atomic E-state index is 14.4. The van der Waals surface area contributed by atoms with Gasteiger partial charge in [-0.05, 0) is 80.0 Å². The predicted octanol–water partition coefficient (Wildman–Crippen LogP) is 4.33. The minimum Gasteiger partial charge on any atom is -0.542 e. The lowest BCUT2D eigenvalue weighted by molar-refractivity contribution is -0.368. The molecule has 5 rings (SSSR count). The number of rotatable bonds is 21. The van der Waals surface area contributed by atoms with Crippen molar-refractivity contribution in [3.63, 3.8) is 0 Å². The van der Waals surface area contributed by atoms with E-state index in [9.17, 15) is 57.3 Å². The number of aryl methyl sites for hydroxylation is 1. The van der Waals surface area contributed by atoms with Gasteiger partial charge in [0.2, 0.25) is 23.6 Å². The van der Waals surface area contributed by atoms with E-state index in [-0.39, 0.29) is 59.7 Å². The van der Waals surface area contributed by atoms with Crippen LogP contribution in [0, 0.1) is 0 Å². The Balaban J connectivity index is 0.00000153. The van der Waals surface area contributed by atoms with Crippen LogP contribution in [0.2, 0.25) is 0 Å². The van der Waals surface area contributed by atoms with E-state index in [1.807, 2.05) is 12.1 Å². The molecule has 73 heavy (non-hydrogen) atoms. The molecule has 0 spiro atoms. The Labute approximate surface area is 425 Å². The summed E-state index contributed by atoms with van der Waals surface area (Å²) >= 11 is 1.35. The van der Waals surface area contributed by atoms with E-state index < -0.39 is 71.8 Å². The molecule has 22 heteroatoms. The summed E-state index contributed by atoms with van der Waals surface area (Å²) in [6.07, 6.45) is 5.66. The molecule has 0 saturated heterocycles. The van der Waals surface area contributed by atoms with Gasteiger partial charge in [-0.25, -0.2) is 9.78 Å². The number of alkyl halides is 3. The highest BCUT2D eigenvalue weighted by molar-refractivity contribution is 7.13. The number of phenolic OH excluding ortho intramolecular Hbond substituents is 2. The van der Waals surface area contributed by atoms with E-state index in [4.69, 9.17) is 9.90 Å². The second-order valence-electron chi connectivity index (χ2n) is 17.7. The van der Waals surface area contributed by atoms with Crippen LogP contribution < -0.4 is 32.1 Å². The molecule has 1 aliphatic rings. The molecule has 0 saturated carbocycles. The summed E-state index contributed by atoms with van der Waals surface area (Å²) in [5.74, 6) is -8.05. The smallest absolute Gasteiger partial charge is 0.430 e. The van der Waals surface area contributed by atoms with Crippen molar-refractivity contribution in [3.8, 4) is 33.2 Å². The predicted molar refractivity (Wildman–Crippen MR) is 262 cm³/mol. The van der Waals surface area contributed by atoms with E-state index >= 15 is 0 Å². The van der Waals surface area contributed by atoms with Crippen LogP contribution in [-0.4, -0.2) is 111 Å². The number of halogens is 3. The number of benzene rings is 3. The number of aliphatic carboxylic acids is 2. The maximum Gasteiger partial charge on any atom is 0.430 e. The van der Waals surface area contributed by atoms with Crippen LogP contribution in [-0.2, 0) is 41.6 Å². The summed E-state index contributed by atoms with van der Waals surface area (Å²) in [4.78, 5) is 95.0. The van der Waals surface area contributed by atoms with Gasteiger partial charge in [0.25, 0.3) is 5.91 Å². The van der Waals surface area contributed by atoms with Crippen molar-refractivity contribution in [1.82, 2.24) is 31.2 Å². The van der Waals surface area contributed by atoms with E-state index in [1.54, 1.807) is 5.38 Å². The number of phenols is 2. The monoisotopic (exact) mass is 1040 g/mol. The van der Waals surface area contributed by atoms with Crippen LogP contribution in [0.3, 0.4) is 0 Å². The molecule has 10 N–H and O–H groups in total. The van der Waals surface area contributed by atoms with Gasteiger partial charge in [-0.1, -0.05) is 81.8 Å². The Morgan fingerprint density at radius 1 is 0.890 bits per heavy atom. The number of carbonyl (C=O) groups is 7. The minimum atomic E-state index is -5.19. The third kappa shape index (κ3) is 17.9. The first-order valence-corrected chi connectivity index (χ1v) is 25.0. The van der Waals surface area contributed by atoms with Gasteiger partial charge in [0.05, 0.1) is 6.54 Å². The molecule has 0 radical (unpaired) electrons. The largest absolute Gasteiger partial charge is 0.542 e. The van der Waals surface area contributed by atoms with Crippen LogP contribution in [0.5, 0.6) is 11.5 Å². The molecule has 1 aliphatic heterocycles. The third-order valence-corrected chi connectivity index (χ3v) is 12.9. The zero-order valence-electron chi connectivity index (χ0n) is 41.0. The fourth-order valence-electron chi connectivity index (χ4n) is 7.92. The summed E-state index contributed by atoms with van der Waals surface area (Å²) in [5, 5.41) is 53.5. The van der Waals surface area contributed by atoms with Crippen molar-refractivity contribution in [2.24, 2.45) is 0 Å². The van der Waals surface area contributed by atoms with Gasteiger partial charge in [-0.2, -0.15) is 13.2 Å². The number of unbranched alkanes of at least 4 members (excludes halogenated alkanes) is 7. The van der Waals surface area contributed by atoms with E-state index in [1.165, 1.54) is 106 Å². The summed E-state index contributed by atoms with van der Waals surface area (Å²) in [6.45, 7) is 4.14. The number of hydrogen-bond donors (Lipinski definition) is 8. The second kappa shape index (κ2) is 28.2. The molecule has 4 bridgehead atoms. The van der Waals surface area contributed by atoms with Crippen molar-refractivity contribution in [2.75, 3.05) is 20.1 Å². The highest BCUT2D eigenvalue weighted by atomic mass is 32.1. The molecule has 0 fully saturated rings. The van der Waals surface area contributed by atoms with Crippen LogP contribution in [0.15, 0.2) is 66.0 Å². The number of nitrogens with zero attached hydrogens (tertiary/aromatic N) is 2. The number of amides is 5. The lowest BCUT2D eigenvalue weighted by atomic mass is 9.93. The first-order chi connectivity index (χ1) is 34.6. The number of aromatic hydroxyl groups is 2. The zero-order chi connectivity index (χ0) is 53.8. The number of carbonyl (C=O) groups excluding carboxylic acids is 6. The SMILES string of the molecule is CCCCCCCCCc1ccc(-c2nc(C(=O)NCCC(=O)N[C@@H](CCCC[NH3+])C(=O)N(C)[C@@H]3C(=O)N[C@@H](C)C(=O)N[C@H](C(=O)O)Cc4ccc(O)c(c4)-c4cc3ccc4O)cs2)cc1.O=C([O-])C(F)(F)F. The molecular weight excluding hydrogens is 976 g/mol. The second-order valence-corrected chi connectivity index (χ2v) is 18.5. The molecule has 2 heterocycles. The molecule has 4 atom stereocenters. The Morgan fingerprint density at radius 3 is 2.15 bits per heavy atom. The van der Waals surface area contributed by atoms with Gasteiger partial charge >= 0.3 is 12.1 Å². The Hall–Kier alpha value is -7.07. The summed E-state index contributed by atoms with van der Waals surface area (Å²) in [6, 6.07) is 11.6. The maximum absolute atomic E-state index is 14.4. The number of nitrogens with one attached hydrogen (secondary N) is 4. The highest BCUT2D eigenvalue weighted by Crippen LogP contribution is 2.39. The summed E-state index contributed by atoms with van der Waals surface area (Å²) in [7, 11) is 1.38. The number of carboxylic acid groups (broad SMARTS) is 2. The van der Waals surface area contributed by atoms with Gasteiger partial charge in [0.1, 0.15) is 52.3 Å². The van der Waals surface area contributed by atoms with Gasteiger partial charge in [0.15, 0.2) is 0 Å². The number of aromatic nitrogens is 1. The number of hydrogen-bond acceptors (Lipinski definition) is 12. The van der Waals surface area contributed by atoms with E-state index in [2.05, 4.69) is 51.0 Å². The average molecular weight is 1040 g/mol. The van der Waals surface area contributed by atoms with Gasteiger partial charge < -0.3 is 57.1 Å². The molecule has 18 nitrogen and oxygen atoms in total. The lowest BCUT2D eigenvalue weighted by Gasteiger charge is -2.32. The molecule has 5 amide bonds. The first-order valence-electron chi connectivity index (χ1n) is 24.1. The van der Waals surface area contributed by atoms with Crippen molar-refractivity contribution < 1.29 is 72.9 Å². The lowest BCUT2D eigenvalue weighted by Crippen LogP contribution is -2.55. The van der Waals surface area contributed by atoms with Gasteiger partial charge in [0, 0.05) is 48.5 Å². The highest BCUT2D eigenvalue weighted by Gasteiger charge is 2.36. The summed E-state index contributed by atoms with van der Waals surface area (Å²) < 4.78 is 31.5. The summed E-state index contributed by atoms with van der Waals surface area (Å²) in [5.41, 5.74) is 7.14. The topological polar surface area (TPSA) is 295 Å². The van der Waals surface area contributed by atoms with Crippen LogP contribution in [0.4, 0.5) is 13.2 Å². The van der Waals surface area contributed by atoms with Gasteiger partial charge in [-0.15, -0.1) is 11.3 Å². The fraction of sp³-hybridized carbons (Fsp3) is 0.451. The Morgan fingerprint density at radius 2 is 1.52 bits per heavy atom. The molecular formula is C51H64F3N7O11S. The molecule has 0 aliphatic carbocycles. The number of thiazole rings is 1. The van der Waals surface area contributed by atoms with Crippen LogP contribution in [0.25, 0.3) is 21.7 Å². The Bertz CT molecular complexity index is 2540. The number of carboxylic acids is 2. The minimum absolute atomic E-state index is 0.0431. The normalized spacial score (nSPS) is 16.1. The quantitative estimate of drug-likeness (QED) is 0.0542. The average Bonchev–Trinajstić information content (AvgIpc) is 3.85.